The molecule has 66 valence electrons. The zero-order chi connectivity index (χ0) is 8.70. The minimum absolute atomic E-state index is 0.0810. The van der Waals surface area contributed by atoms with E-state index < -0.39 is 5.92 Å². The Morgan fingerprint density at radius 2 is 1.73 bits per heavy atom. The predicted molar refractivity (Wildman–Crippen MR) is 41.7 cm³/mol. The van der Waals surface area contributed by atoms with Gasteiger partial charge in [-0.1, -0.05) is 20.8 Å². The molecule has 0 saturated heterocycles. The van der Waals surface area contributed by atoms with Gasteiger partial charge >= 0.3 is 0 Å². The van der Waals surface area contributed by atoms with Crippen LogP contribution in [-0.4, -0.2) is 5.92 Å². The lowest BCUT2D eigenvalue weighted by atomic mass is 9.78. The lowest BCUT2D eigenvalue weighted by Crippen LogP contribution is -2.22. The minimum Gasteiger partial charge on any atom is -0.207 e. The van der Waals surface area contributed by atoms with Gasteiger partial charge in [0.05, 0.1) is 0 Å². The molecule has 11 heavy (non-hydrogen) atoms. The summed E-state index contributed by atoms with van der Waals surface area (Å²) in [6.45, 7) is 6.03. The van der Waals surface area contributed by atoms with E-state index in [1.54, 1.807) is 0 Å². The number of rotatable bonds is 1. The summed E-state index contributed by atoms with van der Waals surface area (Å²) in [5, 5.41) is 0. The smallest absolute Gasteiger partial charge is 0.207 e. The number of hydrogen-bond donors (Lipinski definition) is 0. The second-order valence-electron chi connectivity index (χ2n) is 4.34. The Kier molecular flexibility index (Phi) is 1.97. The first-order chi connectivity index (χ1) is 4.86. The lowest BCUT2D eigenvalue weighted by molar-refractivity contribution is -0.00723. The van der Waals surface area contributed by atoms with E-state index in [-0.39, 0.29) is 18.3 Å². The Bertz CT molecular complexity index is 152. The highest BCUT2D eigenvalue weighted by atomic mass is 19.3. The predicted octanol–water partition coefficient (Wildman–Crippen LogP) is 3.47. The van der Waals surface area contributed by atoms with E-state index in [0.29, 0.717) is 12.3 Å². The van der Waals surface area contributed by atoms with Crippen LogP contribution < -0.4 is 0 Å². The Morgan fingerprint density at radius 1 is 1.18 bits per heavy atom. The van der Waals surface area contributed by atoms with Gasteiger partial charge in [0.25, 0.3) is 0 Å². The normalized spacial score (nSPS) is 36.5. The van der Waals surface area contributed by atoms with Gasteiger partial charge in [0.1, 0.15) is 0 Å². The molecule has 0 bridgehead atoms. The van der Waals surface area contributed by atoms with Gasteiger partial charge in [-0.2, -0.15) is 0 Å². The molecule has 0 radical (unpaired) electrons. The molecular weight excluding hydrogens is 146 g/mol. The molecule has 0 N–H and O–H groups in total. The van der Waals surface area contributed by atoms with Crippen LogP contribution in [0.5, 0.6) is 0 Å². The molecule has 1 saturated carbocycles. The van der Waals surface area contributed by atoms with Gasteiger partial charge in [-0.25, -0.2) is 8.78 Å². The molecule has 0 unspecified atom stereocenters. The second-order valence-corrected chi connectivity index (χ2v) is 4.34. The number of hydrogen-bond acceptors (Lipinski definition) is 0. The molecule has 0 spiro atoms. The maximum Gasteiger partial charge on any atom is 0.248 e. The second kappa shape index (κ2) is 2.43. The Balaban J connectivity index is 2.65. The summed E-state index contributed by atoms with van der Waals surface area (Å²) in [4.78, 5) is 0. The van der Waals surface area contributed by atoms with Crippen molar-refractivity contribution in [3.8, 4) is 0 Å². The summed E-state index contributed by atoms with van der Waals surface area (Å²) in [7, 11) is 0. The van der Waals surface area contributed by atoms with Crippen molar-refractivity contribution < 1.29 is 8.78 Å². The fraction of sp³-hybridized carbons (Fsp3) is 1.00. The summed E-state index contributed by atoms with van der Waals surface area (Å²) < 4.78 is 25.6. The zero-order valence-corrected chi connectivity index (χ0v) is 7.45. The third kappa shape index (κ3) is 1.71. The van der Waals surface area contributed by atoms with Crippen molar-refractivity contribution in [3.05, 3.63) is 0 Å². The van der Waals surface area contributed by atoms with Gasteiger partial charge in [-0.15, -0.1) is 0 Å². The van der Waals surface area contributed by atoms with E-state index in [2.05, 4.69) is 0 Å². The highest BCUT2D eigenvalue weighted by Crippen LogP contribution is 2.50. The van der Waals surface area contributed by atoms with Gasteiger partial charge in [-0.05, 0) is 17.8 Å². The average molecular weight is 162 g/mol. The molecule has 1 rings (SSSR count). The van der Waals surface area contributed by atoms with E-state index in [0.717, 1.165) is 0 Å². The summed E-state index contributed by atoms with van der Waals surface area (Å²) in [5.41, 5.74) is -0.122. The Morgan fingerprint density at radius 3 is 1.91 bits per heavy atom. The van der Waals surface area contributed by atoms with Crippen LogP contribution in [0.3, 0.4) is 0 Å². The monoisotopic (exact) mass is 162 g/mol. The molecule has 0 aliphatic heterocycles. The lowest BCUT2D eigenvalue weighted by Gasteiger charge is -2.28. The quantitative estimate of drug-likeness (QED) is 0.553. The minimum atomic E-state index is -2.39. The van der Waals surface area contributed by atoms with Gasteiger partial charge in [0, 0.05) is 12.8 Å². The first kappa shape index (κ1) is 8.95. The summed E-state index contributed by atoms with van der Waals surface area (Å²) in [5.74, 6) is -2.02. The van der Waals surface area contributed by atoms with Crippen LogP contribution in [0.15, 0.2) is 0 Å². The topological polar surface area (TPSA) is 0 Å². The fourth-order valence-electron chi connectivity index (χ4n) is 1.73. The Hall–Kier alpha value is -0.140. The van der Waals surface area contributed by atoms with Gasteiger partial charge in [0.15, 0.2) is 0 Å². The van der Waals surface area contributed by atoms with Gasteiger partial charge < -0.3 is 0 Å². The maximum absolute atomic E-state index is 12.8. The largest absolute Gasteiger partial charge is 0.248 e. The van der Waals surface area contributed by atoms with E-state index in [4.69, 9.17) is 0 Å². The molecule has 0 aromatic carbocycles. The van der Waals surface area contributed by atoms with Crippen molar-refractivity contribution in [2.24, 2.45) is 11.3 Å². The standard InChI is InChI=1S/C9H16F2/c1-7(2)8(3)4-5-9(10,11)6-8/h7H,4-6H2,1-3H3/t8-/m1/s1. The third-order valence-electron chi connectivity index (χ3n) is 3.12. The first-order valence-electron chi connectivity index (χ1n) is 4.24. The average Bonchev–Trinajstić information content (AvgIpc) is 2.08. The van der Waals surface area contributed by atoms with Crippen LogP contribution >= 0.6 is 0 Å². The van der Waals surface area contributed by atoms with Crippen molar-refractivity contribution >= 4 is 0 Å². The van der Waals surface area contributed by atoms with Crippen molar-refractivity contribution in [2.75, 3.05) is 0 Å². The van der Waals surface area contributed by atoms with Crippen molar-refractivity contribution in [1.82, 2.24) is 0 Å². The summed E-state index contributed by atoms with van der Waals surface area (Å²) >= 11 is 0. The molecule has 0 amide bonds. The molecule has 0 aromatic rings. The van der Waals surface area contributed by atoms with Crippen LogP contribution in [0.4, 0.5) is 8.78 Å². The van der Waals surface area contributed by atoms with Gasteiger partial charge in [-0.3, -0.25) is 0 Å². The molecule has 2 heteroatoms. The summed E-state index contributed by atoms with van der Waals surface area (Å²) in [6.07, 6.45) is 0.844. The van der Waals surface area contributed by atoms with Crippen LogP contribution in [-0.2, 0) is 0 Å². The highest BCUT2D eigenvalue weighted by Gasteiger charge is 2.47. The zero-order valence-electron chi connectivity index (χ0n) is 7.45. The van der Waals surface area contributed by atoms with E-state index >= 15 is 0 Å². The molecule has 1 aliphatic rings. The number of halogens is 2. The first-order valence-corrected chi connectivity index (χ1v) is 4.24. The Labute approximate surface area is 67.0 Å². The SMILES string of the molecule is CC(C)[C@]1(C)CCC(F)(F)C1. The maximum atomic E-state index is 12.8. The van der Waals surface area contributed by atoms with E-state index in [1.165, 1.54) is 0 Å². The molecule has 0 nitrogen and oxygen atoms in total. The van der Waals surface area contributed by atoms with Crippen LogP contribution in [0, 0.1) is 11.3 Å². The molecular formula is C9H16F2. The molecule has 0 heterocycles. The highest BCUT2D eigenvalue weighted by molar-refractivity contribution is 4.91. The van der Waals surface area contributed by atoms with Crippen LogP contribution in [0.2, 0.25) is 0 Å². The van der Waals surface area contributed by atoms with Crippen molar-refractivity contribution in [3.63, 3.8) is 0 Å². The summed E-state index contributed by atoms with van der Waals surface area (Å²) in [6, 6.07) is 0. The molecule has 1 aliphatic carbocycles. The van der Waals surface area contributed by atoms with Crippen LogP contribution in [0.25, 0.3) is 0 Å². The molecule has 0 aromatic heterocycles. The van der Waals surface area contributed by atoms with Crippen molar-refractivity contribution in [1.29, 1.82) is 0 Å². The number of alkyl halides is 2. The van der Waals surface area contributed by atoms with Crippen LogP contribution in [0.1, 0.15) is 40.0 Å². The molecule has 1 fully saturated rings. The van der Waals surface area contributed by atoms with Gasteiger partial charge in [0.2, 0.25) is 5.92 Å². The molecule has 1 atom stereocenters. The fourth-order valence-corrected chi connectivity index (χ4v) is 1.73. The van der Waals surface area contributed by atoms with E-state index in [9.17, 15) is 8.78 Å². The van der Waals surface area contributed by atoms with Crippen molar-refractivity contribution in [2.45, 2.75) is 46.0 Å². The third-order valence-corrected chi connectivity index (χ3v) is 3.12. The van der Waals surface area contributed by atoms with E-state index in [1.807, 2.05) is 20.8 Å².